The molecular formula is C20H19F2N5O2S2. The molecule has 3 aromatic rings. The number of nitrogens with two attached hydrogens (primary N) is 1. The average molecular weight is 464 g/mol. The molecule has 31 heavy (non-hydrogen) atoms. The van der Waals surface area contributed by atoms with Crippen molar-refractivity contribution in [2.75, 3.05) is 22.5 Å². The van der Waals surface area contributed by atoms with E-state index < -0.39 is 11.7 Å². The first-order valence-electron chi connectivity index (χ1n) is 9.19. The normalized spacial score (nSPS) is 10.6. The van der Waals surface area contributed by atoms with E-state index in [0.717, 1.165) is 5.56 Å². The van der Waals surface area contributed by atoms with Crippen molar-refractivity contribution in [1.29, 1.82) is 0 Å². The molecule has 1 heterocycles. The summed E-state index contributed by atoms with van der Waals surface area (Å²) in [7, 11) is 0. The van der Waals surface area contributed by atoms with Gasteiger partial charge in [0.2, 0.25) is 16.9 Å². The van der Waals surface area contributed by atoms with Gasteiger partial charge in [0, 0.05) is 25.2 Å². The summed E-state index contributed by atoms with van der Waals surface area (Å²) >= 11 is 2.49. The van der Waals surface area contributed by atoms with Gasteiger partial charge in [0.1, 0.15) is 11.6 Å². The van der Waals surface area contributed by atoms with E-state index in [1.165, 1.54) is 64.4 Å². The number of primary amides is 1. The lowest BCUT2D eigenvalue weighted by atomic mass is 10.2. The second-order valence-corrected chi connectivity index (χ2v) is 8.58. The van der Waals surface area contributed by atoms with Crippen molar-refractivity contribution in [3.05, 3.63) is 65.7 Å². The molecule has 0 fully saturated rings. The number of hydrogen-bond donors (Lipinski definition) is 2. The van der Waals surface area contributed by atoms with Crippen molar-refractivity contribution >= 4 is 45.7 Å². The van der Waals surface area contributed by atoms with Crippen molar-refractivity contribution in [3.63, 3.8) is 0 Å². The number of carbonyl (C=O) groups excluding carboxylic acids is 2. The lowest BCUT2D eigenvalue weighted by molar-refractivity contribution is -0.118. The number of amides is 2. The van der Waals surface area contributed by atoms with Gasteiger partial charge >= 0.3 is 0 Å². The van der Waals surface area contributed by atoms with Gasteiger partial charge in [0.25, 0.3) is 0 Å². The Hall–Kier alpha value is -3.05. The van der Waals surface area contributed by atoms with Gasteiger partial charge in [0.15, 0.2) is 4.34 Å². The number of anilines is 2. The second-order valence-electron chi connectivity index (χ2n) is 6.38. The molecule has 0 saturated heterocycles. The smallest absolute Gasteiger partial charge is 0.237 e. The third-order valence-corrected chi connectivity index (χ3v) is 6.10. The van der Waals surface area contributed by atoms with Crippen molar-refractivity contribution in [1.82, 2.24) is 10.2 Å². The number of rotatable bonds is 10. The Bertz CT molecular complexity index is 1030. The maximum absolute atomic E-state index is 13.2. The van der Waals surface area contributed by atoms with Crippen LogP contribution in [0, 0.1) is 11.6 Å². The molecule has 3 rings (SSSR count). The number of carbonyl (C=O) groups is 2. The first kappa shape index (κ1) is 22.6. The molecule has 1 aromatic heterocycles. The van der Waals surface area contributed by atoms with Crippen molar-refractivity contribution in [3.8, 4) is 0 Å². The zero-order valence-corrected chi connectivity index (χ0v) is 17.9. The van der Waals surface area contributed by atoms with E-state index in [1.807, 2.05) is 0 Å². The molecule has 0 aliphatic heterocycles. The summed E-state index contributed by atoms with van der Waals surface area (Å²) in [6, 6.07) is 11.6. The molecule has 7 nitrogen and oxygen atoms in total. The second kappa shape index (κ2) is 10.8. The number of nitrogens with one attached hydrogen (secondary N) is 1. The number of benzene rings is 2. The van der Waals surface area contributed by atoms with E-state index in [4.69, 9.17) is 5.73 Å². The summed E-state index contributed by atoms with van der Waals surface area (Å²) in [4.78, 5) is 25.3. The predicted octanol–water partition coefficient (Wildman–Crippen LogP) is 3.43. The fraction of sp³-hybridized carbons (Fsp3) is 0.200. The van der Waals surface area contributed by atoms with Gasteiger partial charge in [-0.2, -0.15) is 0 Å². The lowest BCUT2D eigenvalue weighted by Gasteiger charge is -2.22. The van der Waals surface area contributed by atoms with E-state index in [0.29, 0.717) is 21.7 Å². The van der Waals surface area contributed by atoms with Gasteiger partial charge in [-0.25, -0.2) is 8.78 Å². The van der Waals surface area contributed by atoms with Crippen LogP contribution in [0.5, 0.6) is 0 Å². The van der Waals surface area contributed by atoms with Crippen LogP contribution in [0.1, 0.15) is 12.0 Å². The zero-order valence-electron chi connectivity index (χ0n) is 16.3. The molecule has 0 spiro atoms. The monoisotopic (exact) mass is 463 g/mol. The Morgan fingerprint density at radius 1 is 1.03 bits per heavy atom. The summed E-state index contributed by atoms with van der Waals surface area (Å²) in [5, 5.41) is 11.8. The van der Waals surface area contributed by atoms with Gasteiger partial charge in [0.05, 0.1) is 5.75 Å². The maximum atomic E-state index is 13.2. The number of thioether (sulfide) groups is 1. The quantitative estimate of drug-likeness (QED) is 0.447. The molecule has 0 saturated carbocycles. The Kier molecular flexibility index (Phi) is 7.90. The van der Waals surface area contributed by atoms with E-state index in [9.17, 15) is 18.4 Å². The van der Waals surface area contributed by atoms with Crippen molar-refractivity contribution < 1.29 is 18.4 Å². The highest BCUT2D eigenvalue weighted by Crippen LogP contribution is 2.27. The third-order valence-electron chi connectivity index (χ3n) is 4.10. The molecule has 0 atom stereocenters. The molecular weight excluding hydrogens is 444 g/mol. The third kappa shape index (κ3) is 7.00. The van der Waals surface area contributed by atoms with Crippen LogP contribution in [0.4, 0.5) is 19.6 Å². The predicted molar refractivity (Wildman–Crippen MR) is 117 cm³/mol. The van der Waals surface area contributed by atoms with Crippen LogP contribution in [0.2, 0.25) is 0 Å². The van der Waals surface area contributed by atoms with E-state index in [1.54, 1.807) is 12.1 Å². The summed E-state index contributed by atoms with van der Waals surface area (Å²) < 4.78 is 26.8. The van der Waals surface area contributed by atoms with Crippen molar-refractivity contribution in [2.24, 2.45) is 5.73 Å². The Morgan fingerprint density at radius 2 is 1.68 bits per heavy atom. The van der Waals surface area contributed by atoms with Crippen LogP contribution in [-0.2, 0) is 16.1 Å². The maximum Gasteiger partial charge on any atom is 0.237 e. The number of aromatic nitrogens is 2. The molecule has 0 aliphatic carbocycles. The summed E-state index contributed by atoms with van der Waals surface area (Å²) in [6.45, 7) is 0.560. The summed E-state index contributed by atoms with van der Waals surface area (Å²) in [5.41, 5.74) is 6.58. The van der Waals surface area contributed by atoms with Crippen LogP contribution in [-0.4, -0.2) is 34.3 Å². The minimum atomic E-state index is -0.534. The van der Waals surface area contributed by atoms with Gasteiger partial charge in [-0.05, 0) is 42.0 Å². The highest BCUT2D eigenvalue weighted by Gasteiger charge is 2.18. The number of nitrogens with zero attached hydrogens (tertiary/aromatic N) is 3. The lowest BCUT2D eigenvalue weighted by Crippen LogP contribution is -2.35. The van der Waals surface area contributed by atoms with Crippen LogP contribution < -0.4 is 16.0 Å². The molecule has 2 amide bonds. The van der Waals surface area contributed by atoms with Crippen LogP contribution in [0.15, 0.2) is 52.9 Å². The fourth-order valence-electron chi connectivity index (χ4n) is 2.56. The molecule has 3 N–H and O–H groups in total. The number of hydrogen-bond acceptors (Lipinski definition) is 7. The molecule has 162 valence electrons. The zero-order chi connectivity index (χ0) is 22.2. The standard InChI is InChI=1S/C20H19F2N5O2S2/c21-14-3-1-13(2-4-14)11-24-19-25-26-20(31-19)30-12-18(29)27(10-9-17(23)28)16-7-5-15(22)6-8-16/h1-8H,9-12H2,(H2,23,28)(H,24,25). The molecule has 11 heteroatoms. The van der Waals surface area contributed by atoms with E-state index in [-0.39, 0.29) is 30.4 Å². The largest absolute Gasteiger partial charge is 0.370 e. The molecule has 2 aromatic carbocycles. The SMILES string of the molecule is NC(=O)CCN(C(=O)CSc1nnc(NCc2ccc(F)cc2)s1)c1ccc(F)cc1. The van der Waals surface area contributed by atoms with Gasteiger partial charge < -0.3 is 16.0 Å². The fourth-order valence-corrected chi connectivity index (χ4v) is 4.19. The van der Waals surface area contributed by atoms with E-state index in [2.05, 4.69) is 15.5 Å². The van der Waals surface area contributed by atoms with Crippen LogP contribution in [0.25, 0.3) is 0 Å². The summed E-state index contributed by atoms with van der Waals surface area (Å²) in [5.74, 6) is -1.46. The van der Waals surface area contributed by atoms with Gasteiger partial charge in [-0.15, -0.1) is 10.2 Å². The van der Waals surface area contributed by atoms with Gasteiger partial charge in [-0.3, -0.25) is 9.59 Å². The Balaban J connectivity index is 1.56. The topological polar surface area (TPSA) is 101 Å². The van der Waals surface area contributed by atoms with Gasteiger partial charge in [-0.1, -0.05) is 35.2 Å². The van der Waals surface area contributed by atoms with Crippen LogP contribution in [0.3, 0.4) is 0 Å². The van der Waals surface area contributed by atoms with Crippen LogP contribution >= 0.6 is 23.1 Å². The number of halogens is 2. The minimum Gasteiger partial charge on any atom is -0.370 e. The highest BCUT2D eigenvalue weighted by atomic mass is 32.2. The van der Waals surface area contributed by atoms with Crippen molar-refractivity contribution in [2.45, 2.75) is 17.3 Å². The molecule has 0 aliphatic rings. The minimum absolute atomic E-state index is 0.00988. The molecule has 0 radical (unpaired) electrons. The van der Waals surface area contributed by atoms with E-state index >= 15 is 0 Å². The summed E-state index contributed by atoms with van der Waals surface area (Å²) in [6.07, 6.45) is -0.00988. The Labute approximate surface area is 185 Å². The first-order valence-corrected chi connectivity index (χ1v) is 11.0. The molecule has 0 bridgehead atoms. The Morgan fingerprint density at radius 3 is 2.32 bits per heavy atom. The average Bonchev–Trinajstić information content (AvgIpc) is 3.21. The first-order chi connectivity index (χ1) is 14.9. The highest BCUT2D eigenvalue weighted by molar-refractivity contribution is 8.01. The molecule has 0 unspecified atom stereocenters.